The quantitative estimate of drug-likeness (QED) is 0.0436. The molecule has 2 aliphatic heterocycles. The standard InChI is InChI=1S/C46H58N4O11P/c1-32(2)49(33(3)4)38(30-47)31-59-62(55)61-41-25-27-48(28-26-41)42(51)8-7-29-58-46(36-14-18-39(56-5)19-15-36,37-16-20-40(57-6)21-17-37)35-12-9-34(10-13-35)11-24-45(54)60-50-43(52)22-23-44(50)53/h9-10,12-21,32-33,38,41H,7-8,11,22-29,31H2,1-6H3/q+1. The normalized spacial score (nSPS) is 15.6. The molecule has 0 bridgehead atoms. The molecule has 2 fully saturated rings. The van der Waals surface area contributed by atoms with Gasteiger partial charge in [-0.05, 0) is 99.9 Å². The molecule has 3 amide bonds. The molecule has 16 heteroatoms. The molecular formula is C46H58N4O11P+. The third-order valence-electron chi connectivity index (χ3n) is 11.1. The van der Waals surface area contributed by atoms with Crippen LogP contribution in [0.5, 0.6) is 11.5 Å². The van der Waals surface area contributed by atoms with Gasteiger partial charge in [0.15, 0.2) is 0 Å². The number of hydrogen-bond acceptors (Lipinski definition) is 13. The van der Waals surface area contributed by atoms with Crippen LogP contribution in [0.3, 0.4) is 0 Å². The highest BCUT2D eigenvalue weighted by Gasteiger charge is 2.39. The number of hydroxylamine groups is 2. The van der Waals surface area contributed by atoms with Gasteiger partial charge >= 0.3 is 14.2 Å². The SMILES string of the molecule is COc1ccc(C(OCCCC(=O)N2CCC(O[P+](=O)OCC(C#N)N(C(C)C)C(C)C)CC2)(c2ccc(CCC(=O)ON3C(=O)CCC3=O)cc2)c2ccc(OC)cc2)cc1. The van der Waals surface area contributed by atoms with E-state index in [2.05, 4.69) is 6.07 Å². The van der Waals surface area contributed by atoms with Gasteiger partial charge in [0.2, 0.25) is 5.91 Å². The van der Waals surface area contributed by atoms with Gasteiger partial charge in [-0.3, -0.25) is 19.3 Å². The number of hydrogen-bond donors (Lipinski definition) is 0. The predicted molar refractivity (Wildman–Crippen MR) is 229 cm³/mol. The summed E-state index contributed by atoms with van der Waals surface area (Å²) in [5, 5.41) is 10.3. The van der Waals surface area contributed by atoms with Crippen molar-refractivity contribution in [2.75, 3.05) is 40.5 Å². The smallest absolute Gasteiger partial charge is 0.497 e. The topological polar surface area (TPSA) is 174 Å². The number of benzene rings is 3. The van der Waals surface area contributed by atoms with Gasteiger partial charge in [-0.2, -0.15) is 5.26 Å². The van der Waals surface area contributed by atoms with Crippen LogP contribution in [0.4, 0.5) is 0 Å². The van der Waals surface area contributed by atoms with E-state index in [1.54, 1.807) is 19.1 Å². The molecule has 0 N–H and O–H groups in total. The molecule has 0 aromatic heterocycles. The van der Waals surface area contributed by atoms with Crippen LogP contribution in [0, 0.1) is 11.3 Å². The molecule has 2 saturated heterocycles. The van der Waals surface area contributed by atoms with Gasteiger partial charge in [-0.25, -0.2) is 4.79 Å². The number of amides is 3. The number of carbonyl (C=O) groups is 4. The first-order valence-corrected chi connectivity index (χ1v) is 22.2. The summed E-state index contributed by atoms with van der Waals surface area (Å²) in [6, 6.07) is 24.8. The summed E-state index contributed by atoms with van der Waals surface area (Å²) in [6.45, 7) is 9.10. The maximum atomic E-state index is 13.5. The number of nitrogens with zero attached hydrogens (tertiary/aromatic N) is 4. The van der Waals surface area contributed by atoms with Crippen molar-refractivity contribution in [1.29, 1.82) is 5.26 Å². The van der Waals surface area contributed by atoms with Crippen LogP contribution in [0.15, 0.2) is 72.8 Å². The minimum Gasteiger partial charge on any atom is -0.497 e. The second kappa shape index (κ2) is 22.7. The first-order chi connectivity index (χ1) is 29.8. The van der Waals surface area contributed by atoms with Crippen LogP contribution < -0.4 is 9.47 Å². The monoisotopic (exact) mass is 873 g/mol. The van der Waals surface area contributed by atoms with Crippen molar-refractivity contribution in [3.63, 3.8) is 0 Å². The number of methoxy groups -OCH3 is 2. The van der Waals surface area contributed by atoms with Crippen molar-refractivity contribution in [3.8, 4) is 17.6 Å². The Morgan fingerprint density at radius 2 is 1.34 bits per heavy atom. The highest BCUT2D eigenvalue weighted by atomic mass is 31.1. The molecule has 2 unspecified atom stereocenters. The Morgan fingerprint density at radius 3 is 1.82 bits per heavy atom. The van der Waals surface area contributed by atoms with Crippen LogP contribution >= 0.6 is 8.25 Å². The first-order valence-electron chi connectivity index (χ1n) is 21.1. The van der Waals surface area contributed by atoms with Crippen molar-refractivity contribution >= 4 is 31.9 Å². The number of ether oxygens (including phenoxy) is 3. The third-order valence-corrected chi connectivity index (χ3v) is 11.9. The van der Waals surface area contributed by atoms with E-state index >= 15 is 0 Å². The summed E-state index contributed by atoms with van der Waals surface area (Å²) < 4.78 is 41.8. The van der Waals surface area contributed by atoms with Gasteiger partial charge in [0.25, 0.3) is 11.8 Å². The highest BCUT2D eigenvalue weighted by molar-refractivity contribution is 7.33. The summed E-state index contributed by atoms with van der Waals surface area (Å²) in [5.74, 6) is -0.412. The third kappa shape index (κ3) is 12.2. The maximum Gasteiger partial charge on any atom is 0.697 e. The average Bonchev–Trinajstić information content (AvgIpc) is 3.59. The Balaban J connectivity index is 1.23. The van der Waals surface area contributed by atoms with E-state index in [0.717, 1.165) is 22.3 Å². The molecule has 2 aliphatic rings. The summed E-state index contributed by atoms with van der Waals surface area (Å²) in [6.07, 6.45) is 1.66. The van der Waals surface area contributed by atoms with Crippen LogP contribution in [0.25, 0.3) is 0 Å². The summed E-state index contributed by atoms with van der Waals surface area (Å²) in [4.78, 5) is 58.7. The number of imide groups is 1. The molecule has 0 spiro atoms. The molecule has 332 valence electrons. The lowest BCUT2D eigenvalue weighted by atomic mass is 9.79. The summed E-state index contributed by atoms with van der Waals surface area (Å²) in [5.41, 5.74) is 2.11. The summed E-state index contributed by atoms with van der Waals surface area (Å²) in [7, 11) is 0.762. The molecule has 62 heavy (non-hydrogen) atoms. The zero-order valence-electron chi connectivity index (χ0n) is 36.4. The number of rotatable bonds is 22. The Hall–Kier alpha value is -5.23. The largest absolute Gasteiger partial charge is 0.697 e. The van der Waals surface area contributed by atoms with Crippen LogP contribution in [0.2, 0.25) is 0 Å². The fourth-order valence-corrected chi connectivity index (χ4v) is 8.74. The van der Waals surface area contributed by atoms with Crippen molar-refractivity contribution in [2.24, 2.45) is 0 Å². The summed E-state index contributed by atoms with van der Waals surface area (Å²) >= 11 is 0. The Labute approximate surface area is 365 Å². The average molecular weight is 874 g/mol. The lowest BCUT2D eigenvalue weighted by molar-refractivity contribution is -0.197. The Kier molecular flexibility index (Phi) is 17.5. The van der Waals surface area contributed by atoms with Crippen molar-refractivity contribution in [3.05, 3.63) is 95.1 Å². The van der Waals surface area contributed by atoms with E-state index in [-0.39, 0.29) is 63.0 Å². The number of likely N-dealkylation sites (tertiary alicyclic amines) is 1. The lowest BCUT2D eigenvalue weighted by Gasteiger charge is -2.36. The van der Waals surface area contributed by atoms with E-state index in [1.165, 1.54) is 0 Å². The number of piperidine rings is 1. The second-order valence-electron chi connectivity index (χ2n) is 15.8. The minimum atomic E-state index is -2.44. The van der Waals surface area contributed by atoms with Gasteiger partial charge in [0.1, 0.15) is 35.9 Å². The zero-order valence-corrected chi connectivity index (χ0v) is 37.3. The number of carbonyl (C=O) groups excluding carboxylic acids is 4. The van der Waals surface area contributed by atoms with E-state index in [0.29, 0.717) is 55.3 Å². The predicted octanol–water partition coefficient (Wildman–Crippen LogP) is 7.02. The van der Waals surface area contributed by atoms with E-state index < -0.39 is 37.7 Å². The van der Waals surface area contributed by atoms with E-state index in [9.17, 15) is 29.0 Å². The zero-order chi connectivity index (χ0) is 44.8. The van der Waals surface area contributed by atoms with Crippen LogP contribution in [-0.4, -0.2) is 103 Å². The second-order valence-corrected chi connectivity index (χ2v) is 16.7. The molecule has 2 atom stereocenters. The highest BCUT2D eigenvalue weighted by Crippen LogP contribution is 2.42. The molecule has 2 heterocycles. The molecule has 0 saturated carbocycles. The Morgan fingerprint density at radius 1 is 0.823 bits per heavy atom. The van der Waals surface area contributed by atoms with Gasteiger partial charge in [0, 0.05) is 55.6 Å². The van der Waals surface area contributed by atoms with Gasteiger partial charge in [-0.15, -0.1) is 14.1 Å². The number of aryl methyl sites for hydroxylation is 1. The minimum absolute atomic E-state index is 0.0205. The molecule has 0 aliphatic carbocycles. The van der Waals surface area contributed by atoms with Gasteiger partial charge in [-0.1, -0.05) is 48.5 Å². The molecule has 3 aromatic rings. The fourth-order valence-electron chi connectivity index (χ4n) is 7.97. The maximum absolute atomic E-state index is 13.5. The van der Waals surface area contributed by atoms with Crippen molar-refractivity contribution in [1.82, 2.24) is 14.9 Å². The van der Waals surface area contributed by atoms with Gasteiger partial charge in [0.05, 0.1) is 26.7 Å². The number of nitriles is 1. The van der Waals surface area contributed by atoms with Crippen LogP contribution in [0.1, 0.15) is 94.9 Å². The van der Waals surface area contributed by atoms with Crippen molar-refractivity contribution in [2.45, 2.75) is 109 Å². The molecule has 15 nitrogen and oxygen atoms in total. The van der Waals surface area contributed by atoms with Crippen LogP contribution in [-0.2, 0) is 54.4 Å². The van der Waals surface area contributed by atoms with Gasteiger partial charge < -0.3 is 23.9 Å². The Bertz CT molecular complexity index is 1960. The molecular weight excluding hydrogens is 815 g/mol. The van der Waals surface area contributed by atoms with E-state index in [4.69, 9.17) is 28.1 Å². The first kappa shape index (κ1) is 47.8. The van der Waals surface area contributed by atoms with Crippen molar-refractivity contribution < 1.29 is 51.8 Å². The lowest BCUT2D eigenvalue weighted by Crippen LogP contribution is -2.46. The fraction of sp³-hybridized carbons (Fsp3) is 0.500. The van der Waals surface area contributed by atoms with E-state index in [1.807, 2.05) is 105 Å². The molecule has 0 radical (unpaired) electrons. The molecule has 5 rings (SSSR count). The molecule has 3 aromatic carbocycles.